The minimum atomic E-state index is -1.21. The fraction of sp³-hybridized carbons (Fsp3) is 0.889. The van der Waals surface area contributed by atoms with Gasteiger partial charge in [-0.2, -0.15) is 0 Å². The molecule has 78 valence electrons. The number of nitrogens with two attached hydrogens (primary N) is 1. The number of ether oxygens (including phenoxy) is 2. The van der Waals surface area contributed by atoms with Crippen LogP contribution in [0.4, 0.5) is 0 Å². The molecular weight excluding hydrogens is 170 g/mol. The van der Waals surface area contributed by atoms with Crippen molar-refractivity contribution in [2.24, 2.45) is 5.73 Å². The molecule has 0 atom stereocenters. The first-order chi connectivity index (χ1) is 6.13. The van der Waals surface area contributed by atoms with Crippen molar-refractivity contribution in [1.29, 1.82) is 0 Å². The van der Waals surface area contributed by atoms with Crippen molar-refractivity contribution in [3.05, 3.63) is 0 Å². The fourth-order valence-corrected chi connectivity index (χ4v) is 1.25. The van der Waals surface area contributed by atoms with E-state index < -0.39 is 11.7 Å². The lowest BCUT2D eigenvalue weighted by atomic mass is 10.1. The van der Waals surface area contributed by atoms with Crippen LogP contribution in [-0.2, 0) is 14.3 Å². The topological polar surface area (TPSA) is 61.6 Å². The molecule has 0 aromatic carbocycles. The van der Waals surface area contributed by atoms with Crippen LogP contribution < -0.4 is 5.73 Å². The smallest absolute Gasteiger partial charge is 0.277 e. The summed E-state index contributed by atoms with van der Waals surface area (Å²) in [4.78, 5) is 11.2. The van der Waals surface area contributed by atoms with Crippen LogP contribution in [0.1, 0.15) is 33.6 Å². The maximum atomic E-state index is 11.2. The summed E-state index contributed by atoms with van der Waals surface area (Å²) >= 11 is 0. The Morgan fingerprint density at radius 3 is 1.92 bits per heavy atom. The quantitative estimate of drug-likeness (QED) is 0.609. The highest BCUT2D eigenvalue weighted by Crippen LogP contribution is 2.19. The molecule has 1 amide bonds. The molecule has 0 saturated heterocycles. The van der Waals surface area contributed by atoms with Crippen molar-refractivity contribution in [1.82, 2.24) is 0 Å². The predicted molar refractivity (Wildman–Crippen MR) is 50.1 cm³/mol. The number of hydrogen-bond donors (Lipinski definition) is 1. The van der Waals surface area contributed by atoms with Crippen LogP contribution >= 0.6 is 0 Å². The van der Waals surface area contributed by atoms with Crippen LogP contribution in [0, 0.1) is 0 Å². The molecule has 4 heteroatoms. The predicted octanol–water partition coefficient (Wildman–Crippen LogP) is 1.04. The van der Waals surface area contributed by atoms with Gasteiger partial charge in [0.15, 0.2) is 0 Å². The third-order valence-electron chi connectivity index (χ3n) is 1.71. The lowest BCUT2D eigenvalue weighted by molar-refractivity contribution is -0.228. The summed E-state index contributed by atoms with van der Waals surface area (Å²) in [5, 5.41) is 0. The van der Waals surface area contributed by atoms with Crippen LogP contribution in [0.5, 0.6) is 0 Å². The Morgan fingerprint density at radius 2 is 1.69 bits per heavy atom. The van der Waals surface area contributed by atoms with Gasteiger partial charge in [-0.25, -0.2) is 0 Å². The van der Waals surface area contributed by atoms with Crippen molar-refractivity contribution >= 4 is 5.91 Å². The first-order valence-corrected chi connectivity index (χ1v) is 4.70. The molecule has 0 saturated carbocycles. The summed E-state index contributed by atoms with van der Waals surface area (Å²) in [6, 6.07) is 0. The molecule has 4 nitrogen and oxygen atoms in total. The Morgan fingerprint density at radius 1 is 1.23 bits per heavy atom. The maximum Gasteiger partial charge on any atom is 0.277 e. The third-order valence-corrected chi connectivity index (χ3v) is 1.71. The van der Waals surface area contributed by atoms with Gasteiger partial charge in [-0.15, -0.1) is 0 Å². The van der Waals surface area contributed by atoms with E-state index >= 15 is 0 Å². The first-order valence-electron chi connectivity index (χ1n) is 4.70. The Bertz CT molecular complexity index is 142. The number of carbonyl (C=O) groups is 1. The minimum Gasteiger partial charge on any atom is -0.365 e. The standard InChI is InChI=1S/C9H19NO3/c1-4-7-9(8(10)11,12-5-2)13-6-3/h4-7H2,1-3H3,(H2,10,11). The summed E-state index contributed by atoms with van der Waals surface area (Å²) in [6.07, 6.45) is 1.30. The monoisotopic (exact) mass is 189 g/mol. The molecule has 0 unspecified atom stereocenters. The Balaban J connectivity index is 4.48. The van der Waals surface area contributed by atoms with Gasteiger partial charge in [-0.3, -0.25) is 4.79 Å². The van der Waals surface area contributed by atoms with E-state index in [1.54, 1.807) is 0 Å². The molecule has 0 aliphatic carbocycles. The van der Waals surface area contributed by atoms with Gasteiger partial charge in [0.25, 0.3) is 5.91 Å². The van der Waals surface area contributed by atoms with E-state index in [1.807, 2.05) is 20.8 Å². The molecule has 0 spiro atoms. The van der Waals surface area contributed by atoms with Gasteiger partial charge in [-0.05, 0) is 13.8 Å². The lowest BCUT2D eigenvalue weighted by Gasteiger charge is -2.29. The van der Waals surface area contributed by atoms with Crippen molar-refractivity contribution in [2.75, 3.05) is 13.2 Å². The van der Waals surface area contributed by atoms with E-state index in [4.69, 9.17) is 15.2 Å². The summed E-state index contributed by atoms with van der Waals surface area (Å²) in [5.41, 5.74) is 5.24. The van der Waals surface area contributed by atoms with Gasteiger partial charge in [0, 0.05) is 19.6 Å². The van der Waals surface area contributed by atoms with Gasteiger partial charge in [0.2, 0.25) is 5.79 Å². The van der Waals surface area contributed by atoms with E-state index in [0.29, 0.717) is 19.6 Å². The van der Waals surface area contributed by atoms with Gasteiger partial charge >= 0.3 is 0 Å². The number of hydrogen-bond acceptors (Lipinski definition) is 3. The van der Waals surface area contributed by atoms with Crippen LogP contribution in [0.3, 0.4) is 0 Å². The van der Waals surface area contributed by atoms with E-state index in [2.05, 4.69) is 0 Å². The van der Waals surface area contributed by atoms with E-state index in [0.717, 1.165) is 6.42 Å². The van der Waals surface area contributed by atoms with Crippen LogP contribution in [0.2, 0.25) is 0 Å². The normalized spacial score (nSPS) is 11.6. The zero-order chi connectivity index (χ0) is 10.3. The van der Waals surface area contributed by atoms with Crippen molar-refractivity contribution in [3.63, 3.8) is 0 Å². The SMILES string of the molecule is CCCC(OCC)(OCC)C(N)=O. The maximum absolute atomic E-state index is 11.2. The van der Waals surface area contributed by atoms with Gasteiger partial charge < -0.3 is 15.2 Å². The minimum absolute atomic E-state index is 0.420. The molecule has 0 aromatic heterocycles. The van der Waals surface area contributed by atoms with Crippen molar-refractivity contribution in [3.8, 4) is 0 Å². The van der Waals surface area contributed by atoms with E-state index in [1.165, 1.54) is 0 Å². The highest BCUT2D eigenvalue weighted by atomic mass is 16.7. The Kier molecular flexibility index (Phi) is 5.66. The molecule has 0 rings (SSSR count). The molecule has 0 radical (unpaired) electrons. The number of primary amides is 1. The highest BCUT2D eigenvalue weighted by molar-refractivity contribution is 5.81. The Labute approximate surface area is 79.4 Å². The molecule has 0 bridgehead atoms. The average molecular weight is 189 g/mol. The first kappa shape index (κ1) is 12.4. The molecule has 0 heterocycles. The largest absolute Gasteiger partial charge is 0.365 e. The highest BCUT2D eigenvalue weighted by Gasteiger charge is 2.37. The second-order valence-corrected chi connectivity index (χ2v) is 2.73. The molecule has 0 aliphatic heterocycles. The molecule has 0 aliphatic rings. The zero-order valence-electron chi connectivity index (χ0n) is 8.63. The summed E-state index contributed by atoms with van der Waals surface area (Å²) in [7, 11) is 0. The molecular formula is C9H19NO3. The molecule has 0 fully saturated rings. The molecule has 13 heavy (non-hydrogen) atoms. The van der Waals surface area contributed by atoms with Gasteiger partial charge in [0.1, 0.15) is 0 Å². The lowest BCUT2D eigenvalue weighted by Crippen LogP contribution is -2.48. The van der Waals surface area contributed by atoms with E-state index in [-0.39, 0.29) is 0 Å². The fourth-order valence-electron chi connectivity index (χ4n) is 1.25. The number of carbonyl (C=O) groups excluding carboxylic acids is 1. The van der Waals surface area contributed by atoms with Crippen LogP contribution in [0.25, 0.3) is 0 Å². The molecule has 2 N–H and O–H groups in total. The second-order valence-electron chi connectivity index (χ2n) is 2.73. The van der Waals surface area contributed by atoms with Gasteiger partial charge in [0.05, 0.1) is 0 Å². The summed E-state index contributed by atoms with van der Waals surface area (Å²) in [6.45, 7) is 6.42. The van der Waals surface area contributed by atoms with Crippen molar-refractivity contribution in [2.45, 2.75) is 39.4 Å². The third kappa shape index (κ3) is 3.32. The average Bonchev–Trinajstić information content (AvgIpc) is 2.05. The number of amides is 1. The van der Waals surface area contributed by atoms with Gasteiger partial charge in [-0.1, -0.05) is 13.3 Å². The Hall–Kier alpha value is -0.610. The van der Waals surface area contributed by atoms with Crippen LogP contribution in [0.15, 0.2) is 0 Å². The van der Waals surface area contributed by atoms with Crippen molar-refractivity contribution < 1.29 is 14.3 Å². The second kappa shape index (κ2) is 5.94. The number of rotatable bonds is 7. The summed E-state index contributed by atoms with van der Waals surface area (Å²) < 4.78 is 10.6. The summed E-state index contributed by atoms with van der Waals surface area (Å²) in [5.74, 6) is -1.75. The molecule has 0 aromatic rings. The van der Waals surface area contributed by atoms with Crippen LogP contribution in [-0.4, -0.2) is 24.9 Å². The van der Waals surface area contributed by atoms with E-state index in [9.17, 15) is 4.79 Å². The zero-order valence-corrected chi connectivity index (χ0v) is 8.63.